The summed E-state index contributed by atoms with van der Waals surface area (Å²) in [6.07, 6.45) is 1.61. The van der Waals surface area contributed by atoms with Gasteiger partial charge in [0.1, 0.15) is 16.5 Å². The van der Waals surface area contributed by atoms with Gasteiger partial charge in [-0.3, -0.25) is 0 Å². The first-order chi connectivity index (χ1) is 13.8. The van der Waals surface area contributed by atoms with Crippen molar-refractivity contribution < 1.29 is 5.11 Å². The number of hydrogen-bond donors (Lipinski definition) is 2. The number of rotatable bonds is 4. The van der Waals surface area contributed by atoms with Crippen LogP contribution in [0.25, 0.3) is 25.1 Å². The van der Waals surface area contributed by atoms with E-state index < -0.39 is 5.60 Å². The van der Waals surface area contributed by atoms with E-state index in [0.717, 1.165) is 48.8 Å². The van der Waals surface area contributed by atoms with Gasteiger partial charge in [0.15, 0.2) is 0 Å². The minimum absolute atomic E-state index is 0.516. The van der Waals surface area contributed by atoms with Crippen LogP contribution in [0.15, 0.2) is 30.5 Å². The molecule has 1 aromatic carbocycles. The Bertz CT molecular complexity index is 1260. The lowest BCUT2D eigenvalue weighted by Gasteiger charge is -2.18. The summed E-state index contributed by atoms with van der Waals surface area (Å²) in [6, 6.07) is 7.86. The molecule has 0 aliphatic heterocycles. The number of anilines is 1. The van der Waals surface area contributed by atoms with Gasteiger partial charge in [0.25, 0.3) is 0 Å². The van der Waals surface area contributed by atoms with Gasteiger partial charge in [-0.05, 0) is 38.8 Å². The number of aliphatic hydroxyl groups is 1. The summed E-state index contributed by atoms with van der Waals surface area (Å²) in [6.45, 7) is 15.5. The Morgan fingerprint density at radius 2 is 1.86 bits per heavy atom. The second-order valence-corrected chi connectivity index (χ2v) is 8.55. The van der Waals surface area contributed by atoms with Gasteiger partial charge >= 0.3 is 0 Å². The molecule has 6 nitrogen and oxygen atoms in total. The highest BCUT2D eigenvalue weighted by molar-refractivity contribution is 7.26. The number of nitrogens with one attached hydrogen (secondary N) is 1. The Morgan fingerprint density at radius 1 is 1.14 bits per heavy atom. The van der Waals surface area contributed by atoms with E-state index in [1.165, 1.54) is 11.3 Å². The SMILES string of the molecule is [C-]#[N+]c1cnc(NCc2ccc(C(C)(C)O)cc2)c2sc3nc(C)nc(C)c3c12. The van der Waals surface area contributed by atoms with E-state index in [0.29, 0.717) is 12.2 Å². The van der Waals surface area contributed by atoms with Crippen molar-refractivity contribution in [1.29, 1.82) is 0 Å². The number of pyridine rings is 1. The molecule has 3 aromatic heterocycles. The van der Waals surface area contributed by atoms with Crippen LogP contribution in [-0.2, 0) is 12.1 Å². The summed E-state index contributed by atoms with van der Waals surface area (Å²) in [4.78, 5) is 18.1. The summed E-state index contributed by atoms with van der Waals surface area (Å²) in [7, 11) is 0. The Hall–Kier alpha value is -3.08. The van der Waals surface area contributed by atoms with Crippen molar-refractivity contribution in [3.63, 3.8) is 0 Å². The molecule has 0 spiro atoms. The quantitative estimate of drug-likeness (QED) is 0.455. The third-order valence-electron chi connectivity index (χ3n) is 4.87. The van der Waals surface area contributed by atoms with Crippen LogP contribution in [0.4, 0.5) is 11.5 Å². The Labute approximate surface area is 173 Å². The number of benzene rings is 1. The molecule has 4 aromatic rings. The summed E-state index contributed by atoms with van der Waals surface area (Å²) in [5.74, 6) is 1.46. The molecule has 29 heavy (non-hydrogen) atoms. The lowest BCUT2D eigenvalue weighted by Crippen LogP contribution is -2.15. The zero-order valence-corrected chi connectivity index (χ0v) is 17.6. The molecule has 2 N–H and O–H groups in total. The maximum atomic E-state index is 10.1. The molecule has 0 saturated heterocycles. The van der Waals surface area contributed by atoms with Crippen molar-refractivity contribution in [3.8, 4) is 0 Å². The smallest absolute Gasteiger partial charge is 0.214 e. The number of nitrogens with zero attached hydrogens (tertiary/aromatic N) is 4. The first kappa shape index (κ1) is 19.2. The van der Waals surface area contributed by atoms with E-state index in [-0.39, 0.29) is 0 Å². The van der Waals surface area contributed by atoms with E-state index >= 15 is 0 Å². The molecule has 0 saturated carbocycles. The first-order valence-corrected chi connectivity index (χ1v) is 10.1. The highest BCUT2D eigenvalue weighted by Crippen LogP contribution is 2.42. The van der Waals surface area contributed by atoms with Gasteiger partial charge < -0.3 is 10.4 Å². The van der Waals surface area contributed by atoms with E-state index in [4.69, 9.17) is 6.57 Å². The van der Waals surface area contributed by atoms with Crippen LogP contribution in [0.1, 0.15) is 36.5 Å². The average molecular weight is 404 g/mol. The maximum Gasteiger partial charge on any atom is 0.214 e. The van der Waals surface area contributed by atoms with Crippen LogP contribution in [0.2, 0.25) is 0 Å². The normalized spacial score (nSPS) is 11.7. The van der Waals surface area contributed by atoms with Crippen LogP contribution in [-0.4, -0.2) is 20.1 Å². The number of hydrogen-bond acceptors (Lipinski definition) is 6. The molecular formula is C22H21N5OS. The van der Waals surface area contributed by atoms with Gasteiger partial charge in [-0.1, -0.05) is 24.3 Å². The molecule has 0 fully saturated rings. The fourth-order valence-corrected chi connectivity index (χ4v) is 4.64. The van der Waals surface area contributed by atoms with E-state index in [1.807, 2.05) is 38.1 Å². The summed E-state index contributed by atoms with van der Waals surface area (Å²) in [5.41, 5.74) is 2.49. The predicted octanol–water partition coefficient (Wildman–Crippen LogP) is 5.25. The van der Waals surface area contributed by atoms with Crippen molar-refractivity contribution in [2.75, 3.05) is 5.32 Å². The topological polar surface area (TPSA) is 75.3 Å². The van der Waals surface area contributed by atoms with E-state index in [2.05, 4.69) is 25.1 Å². The Kier molecular flexibility index (Phi) is 4.69. The van der Waals surface area contributed by atoms with Crippen molar-refractivity contribution >= 4 is 43.1 Å². The van der Waals surface area contributed by atoms with Crippen LogP contribution in [0.3, 0.4) is 0 Å². The molecule has 0 bridgehead atoms. The molecule has 146 valence electrons. The van der Waals surface area contributed by atoms with Crippen LogP contribution >= 0.6 is 11.3 Å². The van der Waals surface area contributed by atoms with Gasteiger partial charge in [-0.15, -0.1) is 11.3 Å². The first-order valence-electron chi connectivity index (χ1n) is 9.27. The van der Waals surface area contributed by atoms with Crippen LogP contribution < -0.4 is 5.32 Å². The van der Waals surface area contributed by atoms with E-state index in [9.17, 15) is 5.11 Å². The average Bonchev–Trinajstić information content (AvgIpc) is 3.05. The van der Waals surface area contributed by atoms with Crippen molar-refractivity contribution in [2.45, 2.75) is 39.8 Å². The molecular weight excluding hydrogens is 382 g/mol. The van der Waals surface area contributed by atoms with Crippen LogP contribution in [0, 0.1) is 20.4 Å². The van der Waals surface area contributed by atoms with Gasteiger partial charge in [0, 0.05) is 29.2 Å². The number of thiophene rings is 1. The molecule has 0 unspecified atom stereocenters. The molecule has 7 heteroatoms. The van der Waals surface area contributed by atoms with Gasteiger partial charge in [0.05, 0.1) is 16.9 Å². The Morgan fingerprint density at radius 3 is 2.52 bits per heavy atom. The van der Waals surface area contributed by atoms with Gasteiger partial charge in [0.2, 0.25) is 5.69 Å². The third kappa shape index (κ3) is 3.53. The second kappa shape index (κ2) is 7.07. The largest absolute Gasteiger partial charge is 0.386 e. The monoisotopic (exact) mass is 403 g/mol. The van der Waals surface area contributed by atoms with Crippen molar-refractivity contribution in [1.82, 2.24) is 15.0 Å². The molecule has 0 radical (unpaired) electrons. The summed E-state index contributed by atoms with van der Waals surface area (Å²) < 4.78 is 0.921. The van der Waals surface area contributed by atoms with Gasteiger partial charge in [-0.25, -0.2) is 19.8 Å². The van der Waals surface area contributed by atoms with Gasteiger partial charge in [-0.2, -0.15) is 0 Å². The molecule has 4 rings (SSSR count). The van der Waals surface area contributed by atoms with E-state index in [1.54, 1.807) is 20.0 Å². The summed E-state index contributed by atoms with van der Waals surface area (Å²) in [5, 5.41) is 15.3. The maximum absolute atomic E-state index is 10.1. The number of aromatic nitrogens is 3. The lowest BCUT2D eigenvalue weighted by atomic mass is 9.97. The lowest BCUT2D eigenvalue weighted by molar-refractivity contribution is 0.0786. The minimum atomic E-state index is -0.858. The molecule has 3 heterocycles. The molecule has 0 aliphatic rings. The highest BCUT2D eigenvalue weighted by atomic mass is 32.1. The second-order valence-electron chi connectivity index (χ2n) is 7.56. The zero-order chi connectivity index (χ0) is 20.8. The fourth-order valence-electron chi connectivity index (χ4n) is 3.39. The predicted molar refractivity (Wildman–Crippen MR) is 117 cm³/mol. The molecule has 0 atom stereocenters. The Balaban J connectivity index is 1.73. The fraction of sp³-hybridized carbons (Fsp3) is 0.273. The third-order valence-corrected chi connectivity index (χ3v) is 5.96. The van der Waals surface area contributed by atoms with Crippen LogP contribution in [0.5, 0.6) is 0 Å². The number of fused-ring (bicyclic) bond motifs is 3. The van der Waals surface area contributed by atoms with Crippen molar-refractivity contribution in [3.05, 3.63) is 64.5 Å². The number of aryl methyl sites for hydroxylation is 2. The molecule has 0 aliphatic carbocycles. The van der Waals surface area contributed by atoms with Crippen molar-refractivity contribution in [2.24, 2.45) is 0 Å². The molecule has 0 amide bonds. The zero-order valence-electron chi connectivity index (χ0n) is 16.7. The standard InChI is InChI=1S/C22H21N5OS/c1-12-17-18-16(23-5)11-25-20(19(18)29-21(17)27-13(2)26-12)24-10-14-6-8-15(9-7-14)22(3,4)28/h6-9,11,28H,10H2,1-4H3,(H,24,25). The minimum Gasteiger partial charge on any atom is -0.386 e. The summed E-state index contributed by atoms with van der Waals surface area (Å²) >= 11 is 1.53. The highest BCUT2D eigenvalue weighted by Gasteiger charge is 2.18.